The van der Waals surface area contributed by atoms with Crippen LogP contribution in [0.15, 0.2) is 11.8 Å². The van der Waals surface area contributed by atoms with E-state index in [1.165, 1.54) is 5.70 Å². The second-order valence-electron chi connectivity index (χ2n) is 2.48. The third kappa shape index (κ3) is 1.02. The molecule has 0 spiro atoms. The first-order valence-electron chi connectivity index (χ1n) is 3.60. The van der Waals surface area contributed by atoms with Crippen molar-refractivity contribution in [1.82, 2.24) is 5.32 Å². The minimum atomic E-state index is 0.183. The molecule has 1 saturated heterocycles. The molecule has 1 atom stereocenters. The maximum atomic E-state index is 5.43. The molecule has 2 heterocycles. The van der Waals surface area contributed by atoms with Gasteiger partial charge in [0.05, 0.1) is 19.8 Å². The van der Waals surface area contributed by atoms with Crippen LogP contribution in [-0.2, 0) is 9.47 Å². The van der Waals surface area contributed by atoms with Gasteiger partial charge in [0.1, 0.15) is 6.10 Å². The highest BCUT2D eigenvalue weighted by Gasteiger charge is 2.21. The summed E-state index contributed by atoms with van der Waals surface area (Å²) >= 11 is 0. The van der Waals surface area contributed by atoms with Gasteiger partial charge in [0.15, 0.2) is 0 Å². The lowest BCUT2D eigenvalue weighted by Gasteiger charge is -2.29. The minimum Gasteiger partial charge on any atom is -0.384 e. The Bertz CT molecular complexity index is 156. The average molecular weight is 141 g/mol. The first-order chi connectivity index (χ1) is 4.97. The van der Waals surface area contributed by atoms with Crippen molar-refractivity contribution in [2.75, 3.05) is 26.4 Å². The zero-order chi connectivity index (χ0) is 6.81. The van der Waals surface area contributed by atoms with Crippen LogP contribution in [-0.4, -0.2) is 32.5 Å². The van der Waals surface area contributed by atoms with Crippen molar-refractivity contribution in [3.8, 4) is 0 Å². The number of fused-ring (bicyclic) bond motifs is 1. The fourth-order valence-electron chi connectivity index (χ4n) is 1.27. The Kier molecular flexibility index (Phi) is 1.61. The van der Waals surface area contributed by atoms with Gasteiger partial charge in [-0.25, -0.2) is 0 Å². The van der Waals surface area contributed by atoms with Crippen molar-refractivity contribution in [2.45, 2.75) is 6.10 Å². The molecule has 1 unspecified atom stereocenters. The number of ether oxygens (including phenoxy) is 2. The van der Waals surface area contributed by atoms with Crippen molar-refractivity contribution < 1.29 is 9.47 Å². The van der Waals surface area contributed by atoms with Crippen LogP contribution in [0.1, 0.15) is 0 Å². The zero-order valence-electron chi connectivity index (χ0n) is 5.80. The topological polar surface area (TPSA) is 30.5 Å². The number of hydrogen-bond donors (Lipinski definition) is 1. The average Bonchev–Trinajstić information content (AvgIpc) is 2.05. The lowest BCUT2D eigenvalue weighted by atomic mass is 10.2. The van der Waals surface area contributed by atoms with E-state index in [1.54, 1.807) is 0 Å². The van der Waals surface area contributed by atoms with Crippen LogP contribution in [0.25, 0.3) is 0 Å². The van der Waals surface area contributed by atoms with Gasteiger partial charge in [-0.1, -0.05) is 0 Å². The van der Waals surface area contributed by atoms with Gasteiger partial charge in [0.25, 0.3) is 0 Å². The van der Waals surface area contributed by atoms with Crippen LogP contribution in [0.2, 0.25) is 0 Å². The van der Waals surface area contributed by atoms with Gasteiger partial charge in [-0.3, -0.25) is 0 Å². The highest BCUT2D eigenvalue weighted by molar-refractivity contribution is 5.10. The van der Waals surface area contributed by atoms with Gasteiger partial charge in [0, 0.05) is 12.2 Å². The summed E-state index contributed by atoms with van der Waals surface area (Å²) in [4.78, 5) is 0. The summed E-state index contributed by atoms with van der Waals surface area (Å²) in [6.07, 6.45) is 2.23. The van der Waals surface area contributed by atoms with E-state index in [9.17, 15) is 0 Å². The molecule has 0 radical (unpaired) electrons. The number of rotatable bonds is 0. The van der Waals surface area contributed by atoms with Crippen LogP contribution in [0.5, 0.6) is 0 Å². The molecule has 3 nitrogen and oxygen atoms in total. The molecule has 0 saturated carbocycles. The first-order valence-corrected chi connectivity index (χ1v) is 3.60. The molecule has 2 aliphatic heterocycles. The zero-order valence-corrected chi connectivity index (χ0v) is 5.80. The molecule has 1 N–H and O–H groups in total. The van der Waals surface area contributed by atoms with Gasteiger partial charge in [0.2, 0.25) is 0 Å². The fraction of sp³-hybridized carbons (Fsp3) is 0.714. The lowest BCUT2D eigenvalue weighted by Crippen LogP contribution is -2.41. The van der Waals surface area contributed by atoms with Crippen LogP contribution < -0.4 is 5.32 Å². The van der Waals surface area contributed by atoms with Gasteiger partial charge in [-0.2, -0.15) is 0 Å². The maximum Gasteiger partial charge on any atom is 0.120 e. The Morgan fingerprint density at radius 2 is 2.60 bits per heavy atom. The van der Waals surface area contributed by atoms with Gasteiger partial charge < -0.3 is 14.8 Å². The normalized spacial score (nSPS) is 32.0. The Balaban J connectivity index is 2.08. The molecule has 0 aromatic rings. The summed E-state index contributed by atoms with van der Waals surface area (Å²) in [7, 11) is 0. The molecular weight excluding hydrogens is 130 g/mol. The third-order valence-electron chi connectivity index (χ3n) is 1.79. The Morgan fingerprint density at radius 1 is 1.60 bits per heavy atom. The third-order valence-corrected chi connectivity index (χ3v) is 1.79. The van der Waals surface area contributed by atoms with Crippen LogP contribution in [0.3, 0.4) is 0 Å². The van der Waals surface area contributed by atoms with E-state index in [4.69, 9.17) is 9.47 Å². The van der Waals surface area contributed by atoms with Gasteiger partial charge in [-0.15, -0.1) is 0 Å². The molecule has 0 aliphatic carbocycles. The van der Waals surface area contributed by atoms with Crippen LogP contribution >= 0.6 is 0 Å². The highest BCUT2D eigenvalue weighted by Crippen LogP contribution is 2.12. The summed E-state index contributed by atoms with van der Waals surface area (Å²) in [5, 5.41) is 3.28. The standard InChI is InChI=1S/C7H11NO2/c1-3-9-5-7-6(1)8-2-4-10-7/h1,7-8H,2-5H2. The largest absolute Gasteiger partial charge is 0.384 e. The molecule has 1 fully saturated rings. The summed E-state index contributed by atoms with van der Waals surface area (Å²) < 4.78 is 10.6. The maximum absolute atomic E-state index is 5.43. The highest BCUT2D eigenvalue weighted by atomic mass is 16.5. The van der Waals surface area contributed by atoms with Crippen molar-refractivity contribution in [3.05, 3.63) is 11.8 Å². The quantitative estimate of drug-likeness (QED) is 0.510. The second-order valence-corrected chi connectivity index (χ2v) is 2.48. The molecule has 2 aliphatic rings. The summed E-state index contributed by atoms with van der Waals surface area (Å²) in [6, 6.07) is 0. The van der Waals surface area contributed by atoms with E-state index in [2.05, 4.69) is 5.32 Å². The van der Waals surface area contributed by atoms with E-state index < -0.39 is 0 Å². The summed E-state index contributed by atoms with van der Waals surface area (Å²) in [5.74, 6) is 0. The number of hydrogen-bond acceptors (Lipinski definition) is 3. The fourth-order valence-corrected chi connectivity index (χ4v) is 1.27. The lowest BCUT2D eigenvalue weighted by molar-refractivity contribution is -0.0174. The molecule has 0 aromatic carbocycles. The van der Waals surface area contributed by atoms with Crippen LogP contribution in [0.4, 0.5) is 0 Å². The van der Waals surface area contributed by atoms with Crippen molar-refractivity contribution in [1.29, 1.82) is 0 Å². The molecule has 2 rings (SSSR count). The Labute approximate surface area is 60.0 Å². The molecular formula is C7H11NO2. The number of morpholine rings is 1. The SMILES string of the molecule is C1=C2NCCOC2COC1. The summed E-state index contributed by atoms with van der Waals surface area (Å²) in [6.45, 7) is 3.16. The van der Waals surface area contributed by atoms with E-state index in [-0.39, 0.29) is 6.10 Å². The molecule has 0 aromatic heterocycles. The number of nitrogens with one attached hydrogen (secondary N) is 1. The second kappa shape index (κ2) is 2.60. The Morgan fingerprint density at radius 3 is 3.50 bits per heavy atom. The minimum absolute atomic E-state index is 0.183. The van der Waals surface area contributed by atoms with E-state index in [0.29, 0.717) is 6.61 Å². The van der Waals surface area contributed by atoms with E-state index in [0.717, 1.165) is 19.8 Å². The molecule has 0 bridgehead atoms. The predicted molar refractivity (Wildman–Crippen MR) is 36.6 cm³/mol. The molecule has 0 amide bonds. The smallest absolute Gasteiger partial charge is 0.120 e. The monoisotopic (exact) mass is 141 g/mol. The first kappa shape index (κ1) is 6.19. The Hall–Kier alpha value is -0.540. The molecule has 56 valence electrons. The van der Waals surface area contributed by atoms with Gasteiger partial charge in [-0.05, 0) is 6.08 Å². The summed E-state index contributed by atoms with van der Waals surface area (Å²) in [5.41, 5.74) is 1.21. The molecule has 10 heavy (non-hydrogen) atoms. The van der Waals surface area contributed by atoms with Crippen molar-refractivity contribution in [3.63, 3.8) is 0 Å². The molecule has 3 heteroatoms. The van der Waals surface area contributed by atoms with Gasteiger partial charge >= 0.3 is 0 Å². The van der Waals surface area contributed by atoms with Crippen LogP contribution in [0, 0.1) is 0 Å². The van der Waals surface area contributed by atoms with E-state index in [1.807, 2.05) is 6.08 Å². The van der Waals surface area contributed by atoms with Crippen molar-refractivity contribution in [2.24, 2.45) is 0 Å². The predicted octanol–water partition coefficient (Wildman–Crippen LogP) is -0.111. The van der Waals surface area contributed by atoms with Crippen molar-refractivity contribution >= 4 is 0 Å². The van der Waals surface area contributed by atoms with E-state index >= 15 is 0 Å².